The van der Waals surface area contributed by atoms with Crippen LogP contribution >= 0.6 is 0 Å². The second-order valence-corrected chi connectivity index (χ2v) is 4.03. The highest BCUT2D eigenvalue weighted by Gasteiger charge is 2.47. The van der Waals surface area contributed by atoms with Crippen molar-refractivity contribution in [3.05, 3.63) is 34.4 Å². The highest BCUT2D eigenvalue weighted by molar-refractivity contribution is 6.09. The van der Waals surface area contributed by atoms with Crippen LogP contribution < -0.4 is 0 Å². The molecule has 0 saturated carbocycles. The lowest BCUT2D eigenvalue weighted by Gasteiger charge is -2.04. The molecule has 0 aliphatic heterocycles. The number of ketones is 1. The fourth-order valence-corrected chi connectivity index (χ4v) is 2.06. The Bertz CT molecular complexity index is 501. The van der Waals surface area contributed by atoms with Gasteiger partial charge in [-0.1, -0.05) is 11.6 Å². The van der Waals surface area contributed by atoms with E-state index in [-0.39, 0.29) is 6.42 Å². The van der Waals surface area contributed by atoms with Gasteiger partial charge in [0.15, 0.2) is 0 Å². The van der Waals surface area contributed by atoms with Crippen molar-refractivity contribution in [2.24, 2.45) is 0 Å². The lowest BCUT2D eigenvalue weighted by Crippen LogP contribution is -2.28. The van der Waals surface area contributed by atoms with Crippen molar-refractivity contribution in [2.45, 2.75) is 25.9 Å². The van der Waals surface area contributed by atoms with Gasteiger partial charge in [-0.05, 0) is 31.0 Å². The molecule has 2 rings (SSSR count). The van der Waals surface area contributed by atoms with Crippen LogP contribution in [-0.4, -0.2) is 11.5 Å². The third-order valence-electron chi connectivity index (χ3n) is 2.82. The smallest absolute Gasteiger partial charge is 0.261 e. The van der Waals surface area contributed by atoms with E-state index in [0.29, 0.717) is 11.1 Å². The molecule has 0 radical (unpaired) electrons. The number of hydrogen-bond donors (Lipinski definition) is 0. The fourth-order valence-electron chi connectivity index (χ4n) is 2.06. The van der Waals surface area contributed by atoms with Gasteiger partial charge >= 0.3 is 0 Å². The third kappa shape index (κ3) is 1.25. The van der Waals surface area contributed by atoms with E-state index in [1.807, 2.05) is 19.9 Å². The van der Waals surface area contributed by atoms with Crippen LogP contribution in [-0.2, 0) is 6.42 Å². The molecular weight excluding hydrogens is 193 g/mol. The highest BCUT2D eigenvalue weighted by atomic mass is 19.1. The highest BCUT2D eigenvalue weighted by Crippen LogP contribution is 2.35. The van der Waals surface area contributed by atoms with Crippen LogP contribution in [0.25, 0.3) is 0 Å². The molecule has 76 valence electrons. The van der Waals surface area contributed by atoms with Gasteiger partial charge in [0.2, 0.25) is 5.78 Å². The first kappa shape index (κ1) is 9.85. The number of alkyl halides is 1. The number of halogens is 1. The van der Waals surface area contributed by atoms with Gasteiger partial charge in [-0.15, -0.1) is 0 Å². The lowest BCUT2D eigenvalue weighted by molar-refractivity contribution is 0.0820. The summed E-state index contributed by atoms with van der Waals surface area (Å²) in [6.07, 6.45) is -0.107. The minimum absolute atomic E-state index is 0.107. The SMILES string of the molecule is Cc1cc(C)c2c(c1)C(=O)C(F)(C#N)C2. The molecule has 0 saturated heterocycles. The van der Waals surface area contributed by atoms with E-state index in [0.717, 1.165) is 11.1 Å². The van der Waals surface area contributed by atoms with Gasteiger partial charge < -0.3 is 0 Å². The van der Waals surface area contributed by atoms with Crippen LogP contribution in [0.4, 0.5) is 4.39 Å². The van der Waals surface area contributed by atoms with Gasteiger partial charge in [0.1, 0.15) is 6.07 Å². The summed E-state index contributed by atoms with van der Waals surface area (Å²) >= 11 is 0. The van der Waals surface area contributed by atoms with Crippen LogP contribution in [0.3, 0.4) is 0 Å². The molecule has 0 aromatic heterocycles. The summed E-state index contributed by atoms with van der Waals surface area (Å²) in [5, 5.41) is 8.68. The van der Waals surface area contributed by atoms with E-state index in [4.69, 9.17) is 5.26 Å². The molecule has 0 spiro atoms. The Morgan fingerprint density at radius 2 is 2.13 bits per heavy atom. The summed E-state index contributed by atoms with van der Waals surface area (Å²) in [5.41, 5.74) is 0.502. The van der Waals surface area contributed by atoms with Crippen LogP contribution in [0, 0.1) is 25.2 Å². The van der Waals surface area contributed by atoms with Crippen molar-refractivity contribution in [1.29, 1.82) is 5.26 Å². The minimum atomic E-state index is -2.35. The largest absolute Gasteiger partial charge is 0.289 e. The van der Waals surface area contributed by atoms with Crippen LogP contribution in [0.5, 0.6) is 0 Å². The van der Waals surface area contributed by atoms with E-state index in [1.54, 1.807) is 6.07 Å². The number of aryl methyl sites for hydroxylation is 2. The summed E-state index contributed by atoms with van der Waals surface area (Å²) in [6, 6.07) is 5.02. The second-order valence-electron chi connectivity index (χ2n) is 4.03. The first-order chi connectivity index (χ1) is 6.98. The molecule has 1 unspecified atom stereocenters. The Hall–Kier alpha value is -1.69. The molecule has 15 heavy (non-hydrogen) atoms. The number of carbonyl (C=O) groups excluding carboxylic acids is 1. The van der Waals surface area contributed by atoms with Crippen molar-refractivity contribution in [3.63, 3.8) is 0 Å². The molecule has 0 bridgehead atoms. The Kier molecular flexibility index (Phi) is 1.90. The Morgan fingerprint density at radius 3 is 2.73 bits per heavy atom. The van der Waals surface area contributed by atoms with Gasteiger partial charge in [-0.2, -0.15) is 5.26 Å². The van der Waals surface area contributed by atoms with E-state index in [1.165, 1.54) is 6.07 Å². The summed E-state index contributed by atoms with van der Waals surface area (Å²) in [6.45, 7) is 3.69. The summed E-state index contributed by atoms with van der Waals surface area (Å²) in [7, 11) is 0. The first-order valence-electron chi connectivity index (χ1n) is 4.73. The molecule has 1 aromatic carbocycles. The Labute approximate surface area is 87.3 Å². The molecule has 1 aliphatic rings. The molecule has 0 fully saturated rings. The maximum atomic E-state index is 13.8. The zero-order valence-electron chi connectivity index (χ0n) is 8.60. The van der Waals surface area contributed by atoms with Crippen LogP contribution in [0.15, 0.2) is 12.1 Å². The normalized spacial score (nSPS) is 23.7. The number of fused-ring (bicyclic) bond motifs is 1. The van der Waals surface area contributed by atoms with Gasteiger partial charge in [0.25, 0.3) is 5.67 Å². The molecular formula is C12H10FNO. The van der Waals surface area contributed by atoms with Gasteiger partial charge in [-0.3, -0.25) is 4.79 Å². The first-order valence-corrected chi connectivity index (χ1v) is 4.73. The van der Waals surface area contributed by atoms with Crippen molar-refractivity contribution >= 4 is 5.78 Å². The van der Waals surface area contributed by atoms with E-state index in [9.17, 15) is 9.18 Å². The topological polar surface area (TPSA) is 40.9 Å². The monoisotopic (exact) mass is 203 g/mol. The summed E-state index contributed by atoms with van der Waals surface area (Å²) in [5.74, 6) is -0.688. The molecule has 3 heteroatoms. The average Bonchev–Trinajstić information content (AvgIpc) is 2.43. The van der Waals surface area contributed by atoms with Crippen LogP contribution in [0.1, 0.15) is 27.0 Å². The van der Waals surface area contributed by atoms with E-state index < -0.39 is 11.5 Å². The fraction of sp³-hybridized carbons (Fsp3) is 0.333. The van der Waals surface area contributed by atoms with E-state index in [2.05, 4.69) is 0 Å². The standard InChI is InChI=1S/C12H10FNO/c1-7-3-8(2)10-5-12(13,6-14)11(15)9(10)4-7/h3-4H,5H2,1-2H3. The molecule has 1 aromatic rings. The van der Waals surface area contributed by atoms with Crippen molar-refractivity contribution in [1.82, 2.24) is 0 Å². The number of nitriles is 1. The predicted molar refractivity (Wildman–Crippen MR) is 53.4 cm³/mol. The van der Waals surface area contributed by atoms with Gasteiger partial charge in [0.05, 0.1) is 0 Å². The van der Waals surface area contributed by atoms with Crippen molar-refractivity contribution in [2.75, 3.05) is 0 Å². The maximum Gasteiger partial charge on any atom is 0.261 e. The molecule has 0 heterocycles. The average molecular weight is 203 g/mol. The molecule has 1 atom stereocenters. The summed E-state index contributed by atoms with van der Waals surface area (Å²) < 4.78 is 13.8. The number of Topliss-reactive ketones (excluding diaryl/α,β-unsaturated/α-hetero) is 1. The third-order valence-corrected chi connectivity index (χ3v) is 2.82. The van der Waals surface area contributed by atoms with Crippen molar-refractivity contribution in [3.8, 4) is 6.07 Å². The molecule has 0 N–H and O–H groups in total. The van der Waals surface area contributed by atoms with Crippen molar-refractivity contribution < 1.29 is 9.18 Å². The Morgan fingerprint density at radius 1 is 1.47 bits per heavy atom. The molecule has 1 aliphatic carbocycles. The maximum absolute atomic E-state index is 13.8. The predicted octanol–water partition coefficient (Wildman–Crippen LogP) is 2.27. The van der Waals surface area contributed by atoms with Gasteiger partial charge in [0, 0.05) is 12.0 Å². The number of carbonyl (C=O) groups is 1. The number of nitrogens with zero attached hydrogens (tertiary/aromatic N) is 1. The quantitative estimate of drug-likeness (QED) is 0.649. The van der Waals surface area contributed by atoms with Gasteiger partial charge in [-0.25, -0.2) is 4.39 Å². The van der Waals surface area contributed by atoms with E-state index >= 15 is 0 Å². The molecule has 2 nitrogen and oxygen atoms in total. The van der Waals surface area contributed by atoms with Crippen LogP contribution in [0.2, 0.25) is 0 Å². The number of hydrogen-bond acceptors (Lipinski definition) is 2. The number of rotatable bonds is 0. The Balaban J connectivity index is 2.66. The molecule has 0 amide bonds. The number of benzene rings is 1. The second kappa shape index (κ2) is 2.90. The lowest BCUT2D eigenvalue weighted by atomic mass is 10.0. The minimum Gasteiger partial charge on any atom is -0.289 e. The zero-order chi connectivity index (χ0) is 11.2. The zero-order valence-corrected chi connectivity index (χ0v) is 8.60. The summed E-state index contributed by atoms with van der Waals surface area (Å²) in [4.78, 5) is 11.7.